The van der Waals surface area contributed by atoms with Crippen LogP contribution in [0.5, 0.6) is 0 Å². The highest BCUT2D eigenvalue weighted by molar-refractivity contribution is 5.22. The summed E-state index contributed by atoms with van der Waals surface area (Å²) in [5.41, 5.74) is -0.212. The number of fused-ring (bicyclic) bond motifs is 4. The highest BCUT2D eigenvalue weighted by Gasteiger charge is 2.77. The van der Waals surface area contributed by atoms with Crippen molar-refractivity contribution in [2.24, 2.45) is 5.92 Å². The molecule has 90 valence electrons. The van der Waals surface area contributed by atoms with Crippen molar-refractivity contribution in [2.45, 2.75) is 49.8 Å². The van der Waals surface area contributed by atoms with Crippen LogP contribution in [0.15, 0.2) is 0 Å². The lowest BCUT2D eigenvalue weighted by atomic mass is 9.57. The molecule has 2 aliphatic heterocycles. The van der Waals surface area contributed by atoms with Gasteiger partial charge < -0.3 is 18.9 Å². The van der Waals surface area contributed by atoms with Crippen molar-refractivity contribution >= 4 is 0 Å². The predicted octanol–water partition coefficient (Wildman–Crippen LogP) is 1.09. The first-order chi connectivity index (χ1) is 7.81. The summed E-state index contributed by atoms with van der Waals surface area (Å²) in [4.78, 5) is 0. The molecular formula is C12H18O4. The first-order valence-corrected chi connectivity index (χ1v) is 6.39. The van der Waals surface area contributed by atoms with E-state index in [1.807, 2.05) is 6.92 Å². The van der Waals surface area contributed by atoms with Crippen LogP contribution in [-0.4, -0.2) is 43.4 Å². The third kappa shape index (κ3) is 0.957. The minimum absolute atomic E-state index is 0.212. The molecule has 4 nitrogen and oxygen atoms in total. The van der Waals surface area contributed by atoms with Gasteiger partial charge in [-0.2, -0.15) is 0 Å². The fourth-order valence-corrected chi connectivity index (χ4v) is 4.00. The van der Waals surface area contributed by atoms with Gasteiger partial charge in [-0.15, -0.1) is 0 Å². The maximum Gasteiger partial charge on any atom is 0.198 e. The predicted molar refractivity (Wildman–Crippen MR) is 55.0 cm³/mol. The molecule has 4 unspecified atom stereocenters. The van der Waals surface area contributed by atoms with Crippen LogP contribution in [0.4, 0.5) is 0 Å². The van der Waals surface area contributed by atoms with Gasteiger partial charge in [-0.3, -0.25) is 0 Å². The first kappa shape index (κ1) is 9.83. The standard InChI is InChI=1S/C12H18O4/c1-2-13-11-4-3-9-10(16-9)8(11)7-12(11)14-5-6-15-12/h8-10H,2-7H2,1H3. The highest BCUT2D eigenvalue weighted by atomic mass is 16.8. The Kier molecular flexibility index (Phi) is 1.84. The quantitative estimate of drug-likeness (QED) is 0.661. The maximum absolute atomic E-state index is 6.07. The number of ether oxygens (including phenoxy) is 4. The van der Waals surface area contributed by atoms with Gasteiger partial charge in [0, 0.05) is 18.9 Å². The average molecular weight is 226 g/mol. The van der Waals surface area contributed by atoms with Crippen LogP contribution >= 0.6 is 0 Å². The number of epoxide rings is 1. The highest BCUT2D eigenvalue weighted by Crippen LogP contribution is 2.65. The van der Waals surface area contributed by atoms with Crippen molar-refractivity contribution in [2.75, 3.05) is 19.8 Å². The van der Waals surface area contributed by atoms with Crippen molar-refractivity contribution in [3.05, 3.63) is 0 Å². The molecule has 4 fully saturated rings. The summed E-state index contributed by atoms with van der Waals surface area (Å²) in [6.07, 6.45) is 3.98. The van der Waals surface area contributed by atoms with Gasteiger partial charge in [0.2, 0.25) is 0 Å². The van der Waals surface area contributed by atoms with Crippen molar-refractivity contribution in [1.29, 1.82) is 0 Å². The second kappa shape index (κ2) is 2.99. The number of hydrogen-bond acceptors (Lipinski definition) is 4. The first-order valence-electron chi connectivity index (χ1n) is 6.39. The molecule has 4 heteroatoms. The average Bonchev–Trinajstić information content (AvgIpc) is 2.87. The van der Waals surface area contributed by atoms with E-state index >= 15 is 0 Å². The normalized spacial score (nSPS) is 51.9. The molecule has 0 bridgehead atoms. The third-order valence-corrected chi connectivity index (χ3v) is 4.71. The van der Waals surface area contributed by atoms with E-state index in [9.17, 15) is 0 Å². The molecule has 0 amide bonds. The van der Waals surface area contributed by atoms with Gasteiger partial charge in [-0.05, 0) is 19.8 Å². The molecule has 0 aromatic carbocycles. The van der Waals surface area contributed by atoms with Crippen LogP contribution in [-0.2, 0) is 18.9 Å². The fraction of sp³-hybridized carbons (Fsp3) is 1.00. The van der Waals surface area contributed by atoms with Gasteiger partial charge in [0.1, 0.15) is 5.60 Å². The Balaban J connectivity index is 1.67. The Morgan fingerprint density at radius 2 is 2.12 bits per heavy atom. The van der Waals surface area contributed by atoms with E-state index in [4.69, 9.17) is 18.9 Å². The van der Waals surface area contributed by atoms with Gasteiger partial charge in [0.05, 0.1) is 25.4 Å². The summed E-state index contributed by atoms with van der Waals surface area (Å²) in [7, 11) is 0. The van der Waals surface area contributed by atoms with Crippen LogP contribution in [0.1, 0.15) is 26.2 Å². The van der Waals surface area contributed by atoms with E-state index in [1.165, 1.54) is 0 Å². The molecule has 16 heavy (non-hydrogen) atoms. The fourth-order valence-electron chi connectivity index (χ4n) is 4.00. The molecule has 4 rings (SSSR count). The van der Waals surface area contributed by atoms with Crippen LogP contribution in [0.25, 0.3) is 0 Å². The lowest BCUT2D eigenvalue weighted by Crippen LogP contribution is -2.73. The molecule has 0 N–H and O–H groups in total. The largest absolute Gasteiger partial charge is 0.369 e. The van der Waals surface area contributed by atoms with Gasteiger partial charge in [0.15, 0.2) is 5.79 Å². The Labute approximate surface area is 95.2 Å². The molecule has 4 atom stereocenters. The Morgan fingerprint density at radius 3 is 2.88 bits per heavy atom. The summed E-state index contributed by atoms with van der Waals surface area (Å²) >= 11 is 0. The summed E-state index contributed by atoms with van der Waals surface area (Å²) in [6, 6.07) is 0. The van der Waals surface area contributed by atoms with Crippen molar-refractivity contribution in [1.82, 2.24) is 0 Å². The minimum Gasteiger partial charge on any atom is -0.369 e. The Bertz CT molecular complexity index is 312. The zero-order chi connectivity index (χ0) is 10.8. The van der Waals surface area contributed by atoms with E-state index in [2.05, 4.69) is 0 Å². The topological polar surface area (TPSA) is 40.2 Å². The van der Waals surface area contributed by atoms with Gasteiger partial charge >= 0.3 is 0 Å². The molecule has 0 aromatic rings. The van der Waals surface area contributed by atoms with Crippen LogP contribution in [0.2, 0.25) is 0 Å². The monoisotopic (exact) mass is 226 g/mol. The second-order valence-electron chi connectivity index (χ2n) is 5.26. The Morgan fingerprint density at radius 1 is 1.31 bits per heavy atom. The molecule has 0 radical (unpaired) electrons. The Hall–Kier alpha value is -0.160. The second-order valence-corrected chi connectivity index (χ2v) is 5.26. The number of rotatable bonds is 2. The van der Waals surface area contributed by atoms with E-state index in [0.717, 1.165) is 25.9 Å². The van der Waals surface area contributed by atoms with Crippen LogP contribution in [0.3, 0.4) is 0 Å². The third-order valence-electron chi connectivity index (χ3n) is 4.71. The van der Waals surface area contributed by atoms with Gasteiger partial charge in [-0.1, -0.05) is 0 Å². The van der Waals surface area contributed by atoms with E-state index in [-0.39, 0.29) is 5.60 Å². The molecule has 1 spiro atoms. The van der Waals surface area contributed by atoms with E-state index < -0.39 is 5.79 Å². The van der Waals surface area contributed by atoms with Crippen molar-refractivity contribution in [3.63, 3.8) is 0 Å². The molecule has 2 saturated carbocycles. The molecule has 4 aliphatic rings. The molecule has 2 aliphatic carbocycles. The summed E-state index contributed by atoms with van der Waals surface area (Å²) in [5, 5.41) is 0. The van der Waals surface area contributed by atoms with E-state index in [0.29, 0.717) is 31.3 Å². The summed E-state index contributed by atoms with van der Waals surface area (Å²) in [6.45, 7) is 4.18. The summed E-state index contributed by atoms with van der Waals surface area (Å²) < 4.78 is 23.5. The smallest absolute Gasteiger partial charge is 0.198 e. The zero-order valence-electron chi connectivity index (χ0n) is 9.61. The molecular weight excluding hydrogens is 208 g/mol. The van der Waals surface area contributed by atoms with Crippen molar-refractivity contribution < 1.29 is 18.9 Å². The van der Waals surface area contributed by atoms with Crippen molar-refractivity contribution in [3.8, 4) is 0 Å². The van der Waals surface area contributed by atoms with E-state index in [1.54, 1.807) is 0 Å². The zero-order valence-corrected chi connectivity index (χ0v) is 9.61. The summed E-state index contributed by atoms with van der Waals surface area (Å²) in [5.74, 6) is 0.0502. The maximum atomic E-state index is 6.07. The molecule has 0 aromatic heterocycles. The lowest BCUT2D eigenvalue weighted by molar-refractivity contribution is -0.375. The van der Waals surface area contributed by atoms with Gasteiger partial charge in [0.25, 0.3) is 0 Å². The molecule has 2 saturated heterocycles. The van der Waals surface area contributed by atoms with Gasteiger partial charge in [-0.25, -0.2) is 0 Å². The van der Waals surface area contributed by atoms with Crippen LogP contribution in [0, 0.1) is 5.92 Å². The lowest BCUT2D eigenvalue weighted by Gasteiger charge is -2.61. The molecule has 2 heterocycles. The minimum atomic E-state index is -0.440. The SMILES string of the molecule is CCOC12CCC3OC3C1CC21OCCO1. The number of hydrogen-bond donors (Lipinski definition) is 0. The van der Waals surface area contributed by atoms with Crippen LogP contribution < -0.4 is 0 Å².